The number of esters is 4. The fourth-order valence-electron chi connectivity index (χ4n) is 8.43. The number of hydrogen-bond acceptors (Lipinski definition) is 15. The van der Waals surface area contributed by atoms with Crippen LogP contribution in [0, 0.1) is 11.8 Å². The van der Waals surface area contributed by atoms with E-state index in [1.54, 1.807) is 0 Å². The summed E-state index contributed by atoms with van der Waals surface area (Å²) in [6, 6.07) is 0. The average Bonchev–Trinajstić information content (AvgIpc) is 3.42. The molecule has 17 nitrogen and oxygen atoms in total. The fraction of sp³-hybridized carbons (Fsp3) is 0.869. The third-order valence-electron chi connectivity index (χ3n) is 13.7. The van der Waals surface area contributed by atoms with Crippen LogP contribution in [0.25, 0.3) is 0 Å². The molecule has 0 saturated heterocycles. The number of aliphatic hydroxyl groups excluding tert-OH is 1. The quantitative estimate of drug-likeness (QED) is 0.0169. The maximum atomic E-state index is 12.9. The molecule has 0 amide bonds. The summed E-state index contributed by atoms with van der Waals surface area (Å²) in [4.78, 5) is 71.8. The Hall–Kier alpha value is -2.46. The lowest BCUT2D eigenvalue weighted by Crippen LogP contribution is -2.30. The maximum Gasteiger partial charge on any atom is 0.472 e. The molecule has 0 aromatic carbocycles. The van der Waals surface area contributed by atoms with Gasteiger partial charge in [-0.05, 0) is 63.2 Å². The smallest absolute Gasteiger partial charge is 0.462 e. The minimum absolute atomic E-state index is 0.0836. The highest BCUT2D eigenvalue weighted by molar-refractivity contribution is 7.47. The molecule has 6 atom stereocenters. The Balaban J connectivity index is 5.22. The zero-order valence-corrected chi connectivity index (χ0v) is 52.6. The van der Waals surface area contributed by atoms with Gasteiger partial charge < -0.3 is 33.8 Å². The van der Waals surface area contributed by atoms with Crippen LogP contribution < -0.4 is 0 Å². The van der Waals surface area contributed by atoms with Crippen LogP contribution in [-0.4, -0.2) is 96.7 Å². The third-order valence-corrected chi connectivity index (χ3v) is 15.6. The Bertz CT molecular complexity index is 1680. The van der Waals surface area contributed by atoms with E-state index in [4.69, 9.17) is 37.0 Å². The maximum absolute atomic E-state index is 12.9. The van der Waals surface area contributed by atoms with Gasteiger partial charge in [0.1, 0.15) is 19.3 Å². The molecule has 19 heteroatoms. The van der Waals surface area contributed by atoms with Crippen molar-refractivity contribution in [2.24, 2.45) is 11.8 Å². The Morgan fingerprint density at radius 2 is 0.738 bits per heavy atom. The van der Waals surface area contributed by atoms with Crippen molar-refractivity contribution in [3.63, 3.8) is 0 Å². The zero-order valence-electron chi connectivity index (χ0n) is 50.8. The first kappa shape index (κ1) is 77.5. The molecule has 0 aliphatic carbocycles. The molecule has 0 spiro atoms. The molecule has 0 aromatic heterocycles. The number of hydrogen-bond donors (Lipinski definition) is 3. The summed E-state index contributed by atoms with van der Waals surface area (Å²) in [5.41, 5.74) is 0. The van der Waals surface area contributed by atoms with Gasteiger partial charge in [0.25, 0.3) is 0 Å². The van der Waals surface area contributed by atoms with Crippen molar-refractivity contribution in [1.29, 1.82) is 0 Å². The Labute approximate surface area is 484 Å². The lowest BCUT2D eigenvalue weighted by molar-refractivity contribution is -0.161. The van der Waals surface area contributed by atoms with E-state index < -0.39 is 97.5 Å². The molecule has 0 aromatic rings. The summed E-state index contributed by atoms with van der Waals surface area (Å²) in [6.07, 6.45) is 37.5. The number of unbranched alkanes of at least 4 members (excludes halogenated alkanes) is 24. The van der Waals surface area contributed by atoms with Crippen molar-refractivity contribution < 1.29 is 80.2 Å². The van der Waals surface area contributed by atoms with Crippen LogP contribution in [0.1, 0.15) is 273 Å². The number of phosphoric acid groups is 2. The third kappa shape index (κ3) is 53.5. The Morgan fingerprint density at radius 3 is 1.12 bits per heavy atom. The summed E-state index contributed by atoms with van der Waals surface area (Å²) >= 11 is 0. The summed E-state index contributed by atoms with van der Waals surface area (Å²) in [7, 11) is -9.89. The van der Waals surface area contributed by atoms with E-state index in [1.807, 2.05) is 0 Å². The second-order valence-corrected chi connectivity index (χ2v) is 25.0. The van der Waals surface area contributed by atoms with E-state index in [9.17, 15) is 43.2 Å². The molecule has 0 radical (unpaired) electrons. The van der Waals surface area contributed by atoms with Gasteiger partial charge in [0.15, 0.2) is 12.2 Å². The van der Waals surface area contributed by atoms with Crippen molar-refractivity contribution in [3.8, 4) is 0 Å². The number of aliphatic hydroxyl groups is 1. The molecule has 80 heavy (non-hydrogen) atoms. The number of ether oxygens (including phenoxy) is 4. The van der Waals surface area contributed by atoms with Crippen LogP contribution in [0.2, 0.25) is 0 Å². The van der Waals surface area contributed by atoms with E-state index in [-0.39, 0.29) is 25.7 Å². The van der Waals surface area contributed by atoms with Crippen molar-refractivity contribution in [3.05, 3.63) is 24.3 Å². The highest BCUT2D eigenvalue weighted by Crippen LogP contribution is 2.45. The first-order valence-electron chi connectivity index (χ1n) is 31.3. The van der Waals surface area contributed by atoms with Crippen LogP contribution in [0.4, 0.5) is 0 Å². The average molecular weight is 1180 g/mol. The van der Waals surface area contributed by atoms with Crippen molar-refractivity contribution in [2.45, 2.75) is 291 Å². The Morgan fingerprint density at radius 1 is 0.412 bits per heavy atom. The molecule has 0 saturated carbocycles. The van der Waals surface area contributed by atoms with Gasteiger partial charge in [0.2, 0.25) is 0 Å². The normalized spacial score (nSPS) is 14.9. The molecular weight excluding hydrogens is 1070 g/mol. The summed E-state index contributed by atoms with van der Waals surface area (Å²) in [5, 5.41) is 10.5. The minimum Gasteiger partial charge on any atom is -0.462 e. The van der Waals surface area contributed by atoms with Gasteiger partial charge in [-0.1, -0.05) is 220 Å². The SMILES string of the molecule is CCCCCC/C=C\C=C/CCCCCCCC(=O)O[C@H](COC(=O)CCCCCCCCCC(C)C)COP(=O)(O)OC[C@@H](O)COP(=O)(O)OC[C@@H](COC(=O)CCCCCCC)OC(=O)CCCCCCCCC(C)CC. The Kier molecular flexibility index (Phi) is 51.6. The summed E-state index contributed by atoms with van der Waals surface area (Å²) < 4.78 is 67.6. The van der Waals surface area contributed by atoms with Gasteiger partial charge in [-0.2, -0.15) is 0 Å². The molecule has 0 rings (SSSR count). The van der Waals surface area contributed by atoms with Gasteiger partial charge in [0.05, 0.1) is 26.4 Å². The van der Waals surface area contributed by atoms with E-state index in [2.05, 4.69) is 65.8 Å². The largest absolute Gasteiger partial charge is 0.472 e. The predicted molar refractivity (Wildman–Crippen MR) is 317 cm³/mol. The molecular formula is C61H114O17P2. The fourth-order valence-corrected chi connectivity index (χ4v) is 10.0. The molecule has 0 aliphatic heterocycles. The number of phosphoric ester groups is 2. The summed E-state index contributed by atoms with van der Waals surface area (Å²) in [6.45, 7) is 9.20. The van der Waals surface area contributed by atoms with Gasteiger partial charge in [0, 0.05) is 25.7 Å². The highest BCUT2D eigenvalue weighted by atomic mass is 31.2. The minimum atomic E-state index is -4.95. The standard InChI is InChI=1S/C61H114O17P2/c1-7-10-12-14-15-16-17-18-19-20-21-22-25-33-39-45-60(65)77-57(50-72-59(64)44-38-32-26-23-24-30-35-41-53(4)5)52-76-80(69,70)74-48-55(62)47-73-79(67,68)75-51-56(49-71-58(63)43-37-29-13-11-8-2)78-61(66)46-40-34-28-27-31-36-42-54(6)9-3/h16-19,53-57,62H,7-15,20-52H2,1-6H3,(H,67,68)(H,69,70)/b17-16-,19-18-/t54?,55-,56+,57+/m0/s1. The first-order chi connectivity index (χ1) is 38.4. The van der Waals surface area contributed by atoms with Gasteiger partial charge >= 0.3 is 39.5 Å². The van der Waals surface area contributed by atoms with Crippen molar-refractivity contribution in [1.82, 2.24) is 0 Å². The second kappa shape index (κ2) is 53.3. The second-order valence-electron chi connectivity index (χ2n) is 22.1. The molecule has 0 fully saturated rings. The number of rotatable bonds is 58. The zero-order chi connectivity index (χ0) is 59.4. The van der Waals surface area contributed by atoms with Gasteiger partial charge in [-0.3, -0.25) is 37.3 Å². The van der Waals surface area contributed by atoms with E-state index in [0.29, 0.717) is 31.6 Å². The summed E-state index contributed by atoms with van der Waals surface area (Å²) in [5.74, 6) is -0.763. The number of allylic oxidation sites excluding steroid dienone is 4. The van der Waals surface area contributed by atoms with E-state index in [0.717, 1.165) is 121 Å². The van der Waals surface area contributed by atoms with Crippen LogP contribution in [-0.2, 0) is 65.4 Å². The van der Waals surface area contributed by atoms with Crippen LogP contribution in [0.3, 0.4) is 0 Å². The van der Waals surface area contributed by atoms with Crippen LogP contribution in [0.5, 0.6) is 0 Å². The van der Waals surface area contributed by atoms with E-state index in [1.165, 1.54) is 64.2 Å². The highest BCUT2D eigenvalue weighted by Gasteiger charge is 2.30. The first-order valence-corrected chi connectivity index (χ1v) is 34.3. The lowest BCUT2D eigenvalue weighted by Gasteiger charge is -2.21. The molecule has 0 bridgehead atoms. The molecule has 0 aliphatic rings. The van der Waals surface area contributed by atoms with Crippen molar-refractivity contribution >= 4 is 39.5 Å². The topological polar surface area (TPSA) is 237 Å². The van der Waals surface area contributed by atoms with E-state index >= 15 is 0 Å². The van der Waals surface area contributed by atoms with Crippen molar-refractivity contribution in [2.75, 3.05) is 39.6 Å². The predicted octanol–water partition coefficient (Wildman–Crippen LogP) is 16.0. The number of carbonyl (C=O) groups is 4. The monoisotopic (exact) mass is 1180 g/mol. The number of carbonyl (C=O) groups excluding carboxylic acids is 4. The lowest BCUT2D eigenvalue weighted by atomic mass is 10.00. The van der Waals surface area contributed by atoms with Gasteiger partial charge in [-0.15, -0.1) is 0 Å². The van der Waals surface area contributed by atoms with Crippen LogP contribution >= 0.6 is 15.6 Å². The molecule has 3 unspecified atom stereocenters. The molecule has 470 valence electrons. The molecule has 3 N–H and O–H groups in total. The van der Waals surface area contributed by atoms with Crippen LogP contribution in [0.15, 0.2) is 24.3 Å². The molecule has 0 heterocycles. The van der Waals surface area contributed by atoms with Gasteiger partial charge in [-0.25, -0.2) is 9.13 Å².